The van der Waals surface area contributed by atoms with E-state index in [1.807, 2.05) is 0 Å². The van der Waals surface area contributed by atoms with Gasteiger partial charge in [-0.1, -0.05) is 65.2 Å². The first-order valence-corrected chi connectivity index (χ1v) is 14.5. The monoisotopic (exact) mass is 592 g/mol. The Hall–Kier alpha value is -2.65. The van der Waals surface area contributed by atoms with Crippen LogP contribution < -0.4 is 4.74 Å². The minimum atomic E-state index is -2.35. The van der Waals surface area contributed by atoms with Crippen LogP contribution in [-0.2, 0) is 11.2 Å². The van der Waals surface area contributed by atoms with E-state index in [-0.39, 0.29) is 6.42 Å². The Kier molecular flexibility index (Phi) is 12.0. The Morgan fingerprint density at radius 3 is 1.59 bits per heavy atom. The van der Waals surface area contributed by atoms with Crippen molar-refractivity contribution in [1.82, 2.24) is 0 Å². The van der Waals surface area contributed by atoms with E-state index in [1.165, 1.54) is 25.7 Å². The van der Waals surface area contributed by atoms with Gasteiger partial charge in [0.1, 0.15) is 0 Å². The highest BCUT2D eigenvalue weighted by atomic mass is 19.2. The van der Waals surface area contributed by atoms with E-state index < -0.39 is 87.3 Å². The fourth-order valence-corrected chi connectivity index (χ4v) is 5.47. The number of ether oxygens (including phenoxy) is 1. The Labute approximate surface area is 235 Å². The van der Waals surface area contributed by atoms with Gasteiger partial charge in [0.05, 0.1) is 17.0 Å². The predicted molar refractivity (Wildman–Crippen MR) is 139 cm³/mol. The van der Waals surface area contributed by atoms with E-state index in [9.17, 15) is 39.9 Å². The van der Waals surface area contributed by atoms with Crippen molar-refractivity contribution in [2.24, 2.45) is 11.8 Å². The highest BCUT2D eigenvalue weighted by molar-refractivity contribution is 5.76. The summed E-state index contributed by atoms with van der Waals surface area (Å²) in [7, 11) is 0. The first-order chi connectivity index (χ1) is 19.5. The molecule has 1 aliphatic rings. The lowest BCUT2D eigenvalue weighted by atomic mass is 9.79. The molecule has 0 radical (unpaired) electrons. The van der Waals surface area contributed by atoms with Gasteiger partial charge in [-0.25, -0.2) is 26.3 Å². The highest BCUT2D eigenvalue weighted by Crippen LogP contribution is 2.41. The van der Waals surface area contributed by atoms with Crippen LogP contribution >= 0.6 is 0 Å². The van der Waals surface area contributed by atoms with Gasteiger partial charge in [-0.3, -0.25) is 4.79 Å². The second-order valence-corrected chi connectivity index (χ2v) is 10.9. The van der Waals surface area contributed by atoms with Crippen LogP contribution in [0.1, 0.15) is 103 Å². The third-order valence-corrected chi connectivity index (χ3v) is 7.96. The summed E-state index contributed by atoms with van der Waals surface area (Å²) >= 11 is 0. The van der Waals surface area contributed by atoms with E-state index in [2.05, 4.69) is 6.92 Å². The summed E-state index contributed by atoms with van der Waals surface area (Å²) in [5.41, 5.74) is -4.90. The lowest BCUT2D eigenvalue weighted by Gasteiger charge is -2.27. The molecule has 0 atom stereocenters. The molecule has 2 aromatic carbocycles. The van der Waals surface area contributed by atoms with Crippen LogP contribution in [-0.4, -0.2) is 5.97 Å². The maximum atomic E-state index is 14.9. The molecule has 41 heavy (non-hydrogen) atoms. The molecule has 1 saturated carbocycles. The maximum absolute atomic E-state index is 14.9. The zero-order chi connectivity index (χ0) is 30.3. The van der Waals surface area contributed by atoms with Crippen molar-refractivity contribution in [2.75, 3.05) is 0 Å². The highest BCUT2D eigenvalue weighted by Gasteiger charge is 2.36. The second kappa shape index (κ2) is 15.0. The molecule has 228 valence electrons. The van der Waals surface area contributed by atoms with E-state index in [0.717, 1.165) is 19.3 Å². The molecular formula is C31H36F8O2. The molecule has 2 aromatic rings. The first-order valence-electron chi connectivity index (χ1n) is 14.5. The summed E-state index contributed by atoms with van der Waals surface area (Å²) in [5, 5.41) is 0. The number of esters is 1. The number of carbonyl (C=O) groups is 1. The predicted octanol–water partition coefficient (Wildman–Crippen LogP) is 10.3. The molecule has 0 spiro atoms. The number of benzene rings is 2. The number of rotatable bonds is 13. The van der Waals surface area contributed by atoms with Crippen LogP contribution in [0.2, 0.25) is 0 Å². The van der Waals surface area contributed by atoms with Gasteiger partial charge in [-0.05, 0) is 44.4 Å². The van der Waals surface area contributed by atoms with Crippen molar-refractivity contribution >= 4 is 5.97 Å². The molecule has 0 bridgehead atoms. The third-order valence-electron chi connectivity index (χ3n) is 7.96. The number of halogens is 8. The van der Waals surface area contributed by atoms with Crippen molar-refractivity contribution in [3.8, 4) is 16.9 Å². The van der Waals surface area contributed by atoms with E-state index >= 15 is 0 Å². The van der Waals surface area contributed by atoms with Crippen molar-refractivity contribution in [1.29, 1.82) is 0 Å². The number of unbranched alkanes of at least 4 members (excludes halogenated alkanes) is 6. The number of hydrogen-bond acceptors (Lipinski definition) is 2. The zero-order valence-corrected chi connectivity index (χ0v) is 23.4. The molecule has 1 fully saturated rings. The molecule has 2 nitrogen and oxygen atoms in total. The summed E-state index contributed by atoms with van der Waals surface area (Å²) in [6.07, 6.45) is 10.2. The molecule has 0 aliphatic heterocycles. The van der Waals surface area contributed by atoms with Crippen LogP contribution in [0, 0.1) is 58.4 Å². The average Bonchev–Trinajstić information content (AvgIpc) is 2.97. The van der Waals surface area contributed by atoms with E-state index in [1.54, 1.807) is 6.92 Å². The van der Waals surface area contributed by atoms with Gasteiger partial charge in [0.15, 0.2) is 34.9 Å². The summed E-state index contributed by atoms with van der Waals surface area (Å²) in [6.45, 7) is 3.80. The van der Waals surface area contributed by atoms with Crippen LogP contribution in [0.3, 0.4) is 0 Å². The van der Waals surface area contributed by atoms with Crippen LogP contribution in [0.25, 0.3) is 11.1 Å². The lowest BCUT2D eigenvalue weighted by Crippen LogP contribution is -2.26. The van der Waals surface area contributed by atoms with Gasteiger partial charge in [-0.15, -0.1) is 0 Å². The van der Waals surface area contributed by atoms with Gasteiger partial charge in [0, 0.05) is 5.56 Å². The molecule has 0 saturated heterocycles. The molecule has 0 heterocycles. The van der Waals surface area contributed by atoms with Gasteiger partial charge < -0.3 is 4.74 Å². The third kappa shape index (κ3) is 7.41. The zero-order valence-electron chi connectivity index (χ0n) is 23.4. The van der Waals surface area contributed by atoms with Crippen LogP contribution in [0.5, 0.6) is 5.75 Å². The molecule has 3 rings (SSSR count). The second-order valence-electron chi connectivity index (χ2n) is 10.9. The quantitative estimate of drug-likeness (QED) is 0.0761. The van der Waals surface area contributed by atoms with Gasteiger partial charge >= 0.3 is 5.97 Å². The lowest BCUT2D eigenvalue weighted by molar-refractivity contribution is -0.140. The SMILES string of the molecule is CCCCCCCC[C@H]1CC[C@H](C(=O)Oc2c(F)c(F)c(-c3c(F)c(F)c(CCCC)c(F)c3F)c(F)c2F)CC1. The van der Waals surface area contributed by atoms with Crippen molar-refractivity contribution < 1.29 is 44.7 Å². The van der Waals surface area contributed by atoms with E-state index in [4.69, 9.17) is 4.74 Å². The van der Waals surface area contributed by atoms with Crippen molar-refractivity contribution in [3.63, 3.8) is 0 Å². The Morgan fingerprint density at radius 1 is 0.610 bits per heavy atom. The molecule has 0 aromatic heterocycles. The summed E-state index contributed by atoms with van der Waals surface area (Å²) < 4.78 is 123. The molecular weight excluding hydrogens is 556 g/mol. The molecule has 0 N–H and O–H groups in total. The first kappa shape index (κ1) is 32.9. The Bertz CT molecular complexity index is 1160. The van der Waals surface area contributed by atoms with Gasteiger partial charge in [0.25, 0.3) is 0 Å². The van der Waals surface area contributed by atoms with E-state index in [0.29, 0.717) is 38.0 Å². The largest absolute Gasteiger partial charge is 0.420 e. The fraction of sp³-hybridized carbons (Fsp3) is 0.581. The van der Waals surface area contributed by atoms with Crippen molar-refractivity contribution in [2.45, 2.75) is 104 Å². The summed E-state index contributed by atoms with van der Waals surface area (Å²) in [4.78, 5) is 12.6. The van der Waals surface area contributed by atoms with Gasteiger partial charge in [-0.2, -0.15) is 8.78 Å². The topological polar surface area (TPSA) is 26.3 Å². The standard InChI is InChI=1S/C31H36F8O2/c1-3-5-7-8-9-10-11-17-13-15-18(16-14-17)31(40)41-30-28(38)26(36)21(27(37)29(30)39)20-24(34)22(32)19(12-6-4-2)23(33)25(20)35/h17-18H,3-16H2,1-2H3/t17-,18-. The van der Waals surface area contributed by atoms with Crippen LogP contribution in [0.4, 0.5) is 35.1 Å². The molecule has 0 amide bonds. The number of carbonyl (C=O) groups excluding carboxylic acids is 1. The maximum Gasteiger partial charge on any atom is 0.314 e. The Balaban J connectivity index is 1.76. The average molecular weight is 593 g/mol. The van der Waals surface area contributed by atoms with Crippen molar-refractivity contribution in [3.05, 3.63) is 52.1 Å². The van der Waals surface area contributed by atoms with Crippen LogP contribution in [0.15, 0.2) is 0 Å². The minimum absolute atomic E-state index is 0.152. The fourth-order valence-electron chi connectivity index (χ4n) is 5.47. The summed E-state index contributed by atoms with van der Waals surface area (Å²) in [6, 6.07) is 0. The Morgan fingerprint density at radius 2 is 1.07 bits per heavy atom. The minimum Gasteiger partial charge on any atom is -0.420 e. The molecule has 10 heteroatoms. The number of hydrogen-bond donors (Lipinski definition) is 0. The normalized spacial score (nSPS) is 17.2. The van der Waals surface area contributed by atoms with Gasteiger partial charge in [0.2, 0.25) is 17.4 Å². The summed E-state index contributed by atoms with van der Waals surface area (Å²) in [5.74, 6) is -20.6. The smallest absolute Gasteiger partial charge is 0.314 e. The molecule has 0 unspecified atom stereocenters. The molecule has 1 aliphatic carbocycles.